The van der Waals surface area contributed by atoms with Crippen molar-refractivity contribution in [1.82, 2.24) is 0 Å². The fourth-order valence-corrected chi connectivity index (χ4v) is 1.75. The summed E-state index contributed by atoms with van der Waals surface area (Å²) in [7, 11) is 0. The Hall–Kier alpha value is -2.33. The minimum absolute atomic E-state index is 0.0339. The third-order valence-electron chi connectivity index (χ3n) is 3.06. The number of hydrogen-bond donors (Lipinski definition) is 2. The van der Waals surface area contributed by atoms with Crippen molar-refractivity contribution in [2.24, 2.45) is 11.5 Å². The number of carbonyl (C=O) groups excluding carboxylic acids is 1. The Labute approximate surface area is 118 Å². The Balaban J connectivity index is 2.24. The lowest BCUT2D eigenvalue weighted by Gasteiger charge is -2.21. The standard InChI is InChI=1S/C16H18N2O2/c1-16(18,15(17)19)11-20-14-10-6-5-9-13(14)12-7-3-2-4-8-12/h2-10H,11,18H2,1H3,(H2,17,19). The third kappa shape index (κ3) is 3.16. The molecule has 0 aliphatic rings. The molecule has 0 aromatic heterocycles. The summed E-state index contributed by atoms with van der Waals surface area (Å²) in [5.41, 5.74) is 11.8. The second-order valence-corrected chi connectivity index (χ2v) is 4.93. The van der Waals surface area contributed by atoms with Gasteiger partial charge >= 0.3 is 0 Å². The van der Waals surface area contributed by atoms with Crippen LogP contribution in [0.5, 0.6) is 5.75 Å². The first-order chi connectivity index (χ1) is 9.50. The number of primary amides is 1. The van der Waals surface area contributed by atoms with Crippen LogP contribution in [0, 0.1) is 0 Å². The smallest absolute Gasteiger partial charge is 0.240 e. The van der Waals surface area contributed by atoms with Gasteiger partial charge in [-0.25, -0.2) is 0 Å². The van der Waals surface area contributed by atoms with E-state index < -0.39 is 11.4 Å². The number of amides is 1. The van der Waals surface area contributed by atoms with Gasteiger partial charge in [-0.1, -0.05) is 48.5 Å². The SMILES string of the molecule is CC(N)(COc1ccccc1-c1ccccc1)C(N)=O. The maximum atomic E-state index is 11.2. The van der Waals surface area contributed by atoms with Gasteiger partial charge in [-0.15, -0.1) is 0 Å². The molecule has 2 aromatic rings. The molecule has 0 aliphatic heterocycles. The summed E-state index contributed by atoms with van der Waals surface area (Å²) in [6.45, 7) is 1.59. The average Bonchev–Trinajstić information content (AvgIpc) is 2.46. The van der Waals surface area contributed by atoms with Gasteiger partial charge in [0.15, 0.2) is 0 Å². The van der Waals surface area contributed by atoms with Gasteiger partial charge in [0.05, 0.1) is 0 Å². The number of carbonyl (C=O) groups is 1. The lowest BCUT2D eigenvalue weighted by molar-refractivity contribution is -0.123. The van der Waals surface area contributed by atoms with Gasteiger partial charge in [-0.2, -0.15) is 0 Å². The van der Waals surface area contributed by atoms with Crippen LogP contribution in [0.1, 0.15) is 6.92 Å². The zero-order valence-electron chi connectivity index (χ0n) is 11.4. The highest BCUT2D eigenvalue weighted by Crippen LogP contribution is 2.29. The fraction of sp³-hybridized carbons (Fsp3) is 0.188. The van der Waals surface area contributed by atoms with Crippen LogP contribution in [-0.2, 0) is 4.79 Å². The molecule has 0 radical (unpaired) electrons. The summed E-state index contributed by atoms with van der Waals surface area (Å²) in [5, 5.41) is 0. The van der Waals surface area contributed by atoms with Crippen LogP contribution >= 0.6 is 0 Å². The molecule has 1 amide bonds. The molecular weight excluding hydrogens is 252 g/mol. The van der Waals surface area contributed by atoms with Gasteiger partial charge < -0.3 is 16.2 Å². The molecule has 0 saturated heterocycles. The number of hydrogen-bond acceptors (Lipinski definition) is 3. The summed E-state index contributed by atoms with van der Waals surface area (Å²) in [5.74, 6) is 0.0892. The van der Waals surface area contributed by atoms with E-state index in [4.69, 9.17) is 16.2 Å². The molecule has 20 heavy (non-hydrogen) atoms. The van der Waals surface area contributed by atoms with E-state index in [0.29, 0.717) is 5.75 Å². The molecule has 0 aliphatic carbocycles. The molecule has 4 N–H and O–H groups in total. The van der Waals surface area contributed by atoms with Gasteiger partial charge in [0.25, 0.3) is 0 Å². The van der Waals surface area contributed by atoms with Crippen LogP contribution in [0.3, 0.4) is 0 Å². The van der Waals surface area contributed by atoms with Crippen molar-refractivity contribution < 1.29 is 9.53 Å². The molecule has 104 valence electrons. The Kier molecular flexibility index (Phi) is 4.05. The number of rotatable bonds is 5. The topological polar surface area (TPSA) is 78.3 Å². The predicted molar refractivity (Wildman–Crippen MR) is 79.2 cm³/mol. The van der Waals surface area contributed by atoms with Crippen LogP contribution in [0.15, 0.2) is 54.6 Å². The number of ether oxygens (including phenoxy) is 1. The number of para-hydroxylation sites is 1. The van der Waals surface area contributed by atoms with Crippen molar-refractivity contribution >= 4 is 5.91 Å². The Bertz CT molecular complexity index is 594. The van der Waals surface area contributed by atoms with E-state index >= 15 is 0 Å². The molecule has 2 aromatic carbocycles. The molecule has 0 bridgehead atoms. The van der Waals surface area contributed by atoms with Crippen molar-refractivity contribution in [3.05, 3.63) is 54.6 Å². The first kappa shape index (κ1) is 14.1. The molecule has 1 atom stereocenters. The van der Waals surface area contributed by atoms with Gasteiger partial charge in [0.2, 0.25) is 5.91 Å². The molecular formula is C16H18N2O2. The van der Waals surface area contributed by atoms with Gasteiger partial charge in [-0.3, -0.25) is 4.79 Å². The van der Waals surface area contributed by atoms with Crippen molar-refractivity contribution in [3.63, 3.8) is 0 Å². The molecule has 0 heterocycles. The third-order valence-corrected chi connectivity index (χ3v) is 3.06. The summed E-state index contributed by atoms with van der Waals surface area (Å²) >= 11 is 0. The maximum absolute atomic E-state index is 11.2. The second kappa shape index (κ2) is 5.75. The monoisotopic (exact) mass is 270 g/mol. The zero-order chi connectivity index (χ0) is 14.6. The minimum atomic E-state index is -1.19. The summed E-state index contributed by atoms with van der Waals surface area (Å²) < 4.78 is 5.69. The molecule has 4 nitrogen and oxygen atoms in total. The maximum Gasteiger partial charge on any atom is 0.240 e. The van der Waals surface area contributed by atoms with Gasteiger partial charge in [0.1, 0.15) is 17.9 Å². The van der Waals surface area contributed by atoms with Crippen LogP contribution in [0.4, 0.5) is 0 Å². The minimum Gasteiger partial charge on any atom is -0.490 e. The number of nitrogens with two attached hydrogens (primary N) is 2. The summed E-state index contributed by atoms with van der Waals surface area (Å²) in [4.78, 5) is 11.2. The van der Waals surface area contributed by atoms with Crippen molar-refractivity contribution in [2.45, 2.75) is 12.5 Å². The lowest BCUT2D eigenvalue weighted by atomic mass is 10.0. The van der Waals surface area contributed by atoms with Gasteiger partial charge in [-0.05, 0) is 18.6 Å². The molecule has 1 unspecified atom stereocenters. The Morgan fingerprint density at radius 3 is 2.35 bits per heavy atom. The van der Waals surface area contributed by atoms with Crippen LogP contribution in [0.25, 0.3) is 11.1 Å². The molecule has 2 rings (SSSR count). The van der Waals surface area contributed by atoms with Crippen molar-refractivity contribution in [1.29, 1.82) is 0 Å². The molecule has 0 fully saturated rings. The predicted octanol–water partition coefficient (Wildman–Crippen LogP) is 1.94. The van der Waals surface area contributed by atoms with Crippen LogP contribution < -0.4 is 16.2 Å². The lowest BCUT2D eigenvalue weighted by Crippen LogP contribution is -2.53. The molecule has 4 heteroatoms. The van der Waals surface area contributed by atoms with Gasteiger partial charge in [0, 0.05) is 5.56 Å². The fourth-order valence-electron chi connectivity index (χ4n) is 1.75. The Morgan fingerprint density at radius 1 is 1.10 bits per heavy atom. The normalized spacial score (nSPS) is 13.5. The first-order valence-corrected chi connectivity index (χ1v) is 6.37. The van der Waals surface area contributed by atoms with Crippen LogP contribution in [-0.4, -0.2) is 18.1 Å². The van der Waals surface area contributed by atoms with E-state index in [1.54, 1.807) is 6.92 Å². The largest absolute Gasteiger partial charge is 0.490 e. The quantitative estimate of drug-likeness (QED) is 0.871. The second-order valence-electron chi connectivity index (χ2n) is 4.93. The number of benzene rings is 2. The highest BCUT2D eigenvalue weighted by Gasteiger charge is 2.27. The summed E-state index contributed by atoms with van der Waals surface area (Å²) in [6.07, 6.45) is 0. The van der Waals surface area contributed by atoms with E-state index in [9.17, 15) is 4.79 Å². The Morgan fingerprint density at radius 2 is 1.70 bits per heavy atom. The first-order valence-electron chi connectivity index (χ1n) is 6.37. The highest BCUT2D eigenvalue weighted by atomic mass is 16.5. The average molecular weight is 270 g/mol. The van der Waals surface area contributed by atoms with E-state index in [2.05, 4.69) is 0 Å². The van der Waals surface area contributed by atoms with Crippen LogP contribution in [0.2, 0.25) is 0 Å². The molecule has 0 spiro atoms. The van der Waals surface area contributed by atoms with E-state index in [-0.39, 0.29) is 6.61 Å². The van der Waals surface area contributed by atoms with E-state index in [0.717, 1.165) is 11.1 Å². The van der Waals surface area contributed by atoms with E-state index in [1.807, 2.05) is 54.6 Å². The van der Waals surface area contributed by atoms with Crippen molar-refractivity contribution in [3.8, 4) is 16.9 Å². The summed E-state index contributed by atoms with van der Waals surface area (Å²) in [6, 6.07) is 17.5. The zero-order valence-corrected chi connectivity index (χ0v) is 11.4. The van der Waals surface area contributed by atoms with Crippen molar-refractivity contribution in [2.75, 3.05) is 6.61 Å². The highest BCUT2D eigenvalue weighted by molar-refractivity contribution is 5.84. The molecule has 0 saturated carbocycles. The van der Waals surface area contributed by atoms with E-state index in [1.165, 1.54) is 0 Å².